The maximum Gasteiger partial charge on any atom is 0.418 e. The summed E-state index contributed by atoms with van der Waals surface area (Å²) in [6, 6.07) is 2.16. The second-order valence-electron chi connectivity index (χ2n) is 3.50. The van der Waals surface area contributed by atoms with Crippen LogP contribution in [0.1, 0.15) is 5.56 Å². The first-order chi connectivity index (χ1) is 8.25. The summed E-state index contributed by atoms with van der Waals surface area (Å²) in [5, 5.41) is 11.7. The number of alkyl halides is 4. The average Bonchev–Trinajstić information content (AvgIpc) is 2.25. The Morgan fingerprint density at radius 1 is 1.39 bits per heavy atom. The predicted molar refractivity (Wildman–Crippen MR) is 69.4 cm³/mol. The van der Waals surface area contributed by atoms with Crippen molar-refractivity contribution in [3.8, 4) is 0 Å². The standard InChI is InChI=1S/C10H9BrCl2F3NO/c11-8-2-5(13)1-7(10(14,15)16)9(8)17-4-6(18)3-12/h1-2,6,17-18H,3-4H2. The molecule has 1 unspecified atom stereocenters. The van der Waals surface area contributed by atoms with Gasteiger partial charge in [-0.25, -0.2) is 0 Å². The third-order valence-electron chi connectivity index (χ3n) is 2.05. The molecule has 18 heavy (non-hydrogen) atoms. The predicted octanol–water partition coefficient (Wildman–Crippen LogP) is 4.13. The summed E-state index contributed by atoms with van der Waals surface area (Å²) < 4.78 is 38.6. The maximum absolute atomic E-state index is 12.8. The van der Waals surface area contributed by atoms with Gasteiger partial charge in [-0.3, -0.25) is 0 Å². The molecule has 0 saturated carbocycles. The van der Waals surface area contributed by atoms with E-state index in [4.69, 9.17) is 23.2 Å². The molecule has 0 bridgehead atoms. The third-order valence-corrected chi connectivity index (χ3v) is 3.25. The minimum atomic E-state index is -4.54. The van der Waals surface area contributed by atoms with Crippen LogP contribution in [0.25, 0.3) is 0 Å². The highest BCUT2D eigenvalue weighted by Crippen LogP contribution is 2.40. The quantitative estimate of drug-likeness (QED) is 0.785. The van der Waals surface area contributed by atoms with Crippen molar-refractivity contribution in [3.63, 3.8) is 0 Å². The normalized spacial score (nSPS) is 13.5. The number of hydrogen-bond acceptors (Lipinski definition) is 2. The van der Waals surface area contributed by atoms with Gasteiger partial charge in [0.1, 0.15) is 0 Å². The Morgan fingerprint density at radius 3 is 2.50 bits per heavy atom. The van der Waals surface area contributed by atoms with Crippen LogP contribution in [-0.4, -0.2) is 23.6 Å². The fourth-order valence-corrected chi connectivity index (χ4v) is 2.31. The van der Waals surface area contributed by atoms with E-state index in [0.717, 1.165) is 6.07 Å². The van der Waals surface area contributed by atoms with Gasteiger partial charge in [0.15, 0.2) is 0 Å². The fraction of sp³-hybridized carbons (Fsp3) is 0.400. The number of aliphatic hydroxyl groups excluding tert-OH is 1. The van der Waals surface area contributed by atoms with Crippen LogP contribution in [-0.2, 0) is 6.18 Å². The van der Waals surface area contributed by atoms with Gasteiger partial charge in [0.25, 0.3) is 0 Å². The minimum Gasteiger partial charge on any atom is -0.390 e. The third kappa shape index (κ3) is 4.19. The smallest absolute Gasteiger partial charge is 0.390 e. The molecule has 0 heterocycles. The molecule has 1 aromatic rings. The molecular weight excluding hydrogens is 358 g/mol. The van der Waals surface area contributed by atoms with Crippen molar-refractivity contribution < 1.29 is 18.3 Å². The Bertz CT molecular complexity index is 428. The van der Waals surface area contributed by atoms with Crippen molar-refractivity contribution in [2.75, 3.05) is 17.7 Å². The molecule has 1 atom stereocenters. The van der Waals surface area contributed by atoms with E-state index >= 15 is 0 Å². The summed E-state index contributed by atoms with van der Waals surface area (Å²) in [5.74, 6) is -0.0699. The van der Waals surface area contributed by atoms with Crippen LogP contribution in [0.5, 0.6) is 0 Å². The van der Waals surface area contributed by atoms with Crippen molar-refractivity contribution in [2.24, 2.45) is 0 Å². The second kappa shape index (κ2) is 6.32. The van der Waals surface area contributed by atoms with Crippen LogP contribution in [0.15, 0.2) is 16.6 Å². The molecule has 0 aliphatic rings. The van der Waals surface area contributed by atoms with Gasteiger partial charge in [0.05, 0.1) is 23.2 Å². The molecule has 1 aromatic carbocycles. The van der Waals surface area contributed by atoms with Crippen LogP contribution >= 0.6 is 39.1 Å². The van der Waals surface area contributed by atoms with Crippen molar-refractivity contribution in [3.05, 3.63) is 27.2 Å². The van der Waals surface area contributed by atoms with E-state index in [1.165, 1.54) is 6.07 Å². The zero-order valence-electron chi connectivity index (χ0n) is 8.86. The molecule has 0 fully saturated rings. The van der Waals surface area contributed by atoms with Gasteiger partial charge in [0.2, 0.25) is 0 Å². The van der Waals surface area contributed by atoms with Crippen LogP contribution in [0, 0.1) is 0 Å². The average molecular weight is 367 g/mol. The first kappa shape index (κ1) is 15.9. The molecule has 2 nitrogen and oxygen atoms in total. The molecule has 0 radical (unpaired) electrons. The van der Waals surface area contributed by atoms with Crippen LogP contribution in [0.2, 0.25) is 5.02 Å². The van der Waals surface area contributed by atoms with Crippen LogP contribution < -0.4 is 5.32 Å². The second-order valence-corrected chi connectivity index (χ2v) is 5.10. The molecule has 0 spiro atoms. The van der Waals surface area contributed by atoms with Crippen molar-refractivity contribution in [1.29, 1.82) is 0 Å². The summed E-state index contributed by atoms with van der Waals surface area (Å²) in [5.41, 5.74) is -1.07. The van der Waals surface area contributed by atoms with Crippen molar-refractivity contribution in [1.82, 2.24) is 0 Å². The van der Waals surface area contributed by atoms with Gasteiger partial charge in [-0.05, 0) is 28.1 Å². The van der Waals surface area contributed by atoms with Gasteiger partial charge in [0, 0.05) is 16.0 Å². The van der Waals surface area contributed by atoms with Crippen LogP contribution in [0.3, 0.4) is 0 Å². The molecule has 0 aromatic heterocycles. The molecule has 0 saturated heterocycles. The number of anilines is 1. The first-order valence-corrected chi connectivity index (χ1v) is 6.50. The molecule has 0 amide bonds. The Morgan fingerprint density at radius 2 is 2.00 bits per heavy atom. The lowest BCUT2D eigenvalue weighted by Crippen LogP contribution is -2.22. The summed E-state index contributed by atoms with van der Waals surface area (Å²) in [6.07, 6.45) is -5.47. The molecule has 2 N–H and O–H groups in total. The van der Waals surface area contributed by atoms with E-state index < -0.39 is 17.8 Å². The lowest BCUT2D eigenvalue weighted by atomic mass is 10.1. The Kier molecular flexibility index (Phi) is 5.58. The van der Waals surface area contributed by atoms with Gasteiger partial charge in [-0.2, -0.15) is 13.2 Å². The van der Waals surface area contributed by atoms with E-state index in [-0.39, 0.29) is 27.6 Å². The fourth-order valence-electron chi connectivity index (χ4n) is 1.25. The lowest BCUT2D eigenvalue weighted by molar-refractivity contribution is -0.137. The van der Waals surface area contributed by atoms with Gasteiger partial charge >= 0.3 is 6.18 Å². The summed E-state index contributed by atoms with van der Waals surface area (Å²) >= 11 is 14.0. The largest absolute Gasteiger partial charge is 0.418 e. The Labute approximate surface area is 120 Å². The van der Waals surface area contributed by atoms with Gasteiger partial charge in [-0.1, -0.05) is 11.6 Å². The molecule has 1 rings (SSSR count). The number of halogens is 6. The van der Waals surface area contributed by atoms with Crippen LogP contribution in [0.4, 0.5) is 18.9 Å². The first-order valence-electron chi connectivity index (χ1n) is 4.80. The van der Waals surface area contributed by atoms with E-state index in [1.807, 2.05) is 0 Å². The summed E-state index contributed by atoms with van der Waals surface area (Å²) in [4.78, 5) is 0. The lowest BCUT2D eigenvalue weighted by Gasteiger charge is -2.18. The summed E-state index contributed by atoms with van der Waals surface area (Å²) in [7, 11) is 0. The SMILES string of the molecule is OC(CCl)CNc1c(Br)cc(Cl)cc1C(F)(F)F. The van der Waals surface area contributed by atoms with E-state index in [1.54, 1.807) is 0 Å². The Hall–Kier alpha value is -0.170. The number of nitrogens with one attached hydrogen (secondary N) is 1. The number of benzene rings is 1. The molecule has 102 valence electrons. The minimum absolute atomic E-state index is 0.0300. The van der Waals surface area contributed by atoms with E-state index in [0.29, 0.717) is 0 Å². The Balaban J connectivity index is 3.08. The molecule has 0 aliphatic carbocycles. The topological polar surface area (TPSA) is 32.3 Å². The number of hydrogen-bond donors (Lipinski definition) is 2. The highest BCUT2D eigenvalue weighted by atomic mass is 79.9. The molecule has 8 heteroatoms. The monoisotopic (exact) mass is 365 g/mol. The van der Waals surface area contributed by atoms with Crippen molar-refractivity contribution >= 4 is 44.8 Å². The molecular formula is C10H9BrCl2F3NO. The molecule has 0 aliphatic heterocycles. The zero-order valence-corrected chi connectivity index (χ0v) is 12.0. The highest BCUT2D eigenvalue weighted by Gasteiger charge is 2.35. The van der Waals surface area contributed by atoms with Gasteiger partial charge in [-0.15, -0.1) is 11.6 Å². The van der Waals surface area contributed by atoms with Gasteiger partial charge < -0.3 is 10.4 Å². The number of aliphatic hydroxyl groups is 1. The van der Waals surface area contributed by atoms with Crippen molar-refractivity contribution in [2.45, 2.75) is 12.3 Å². The number of rotatable bonds is 4. The summed E-state index contributed by atoms with van der Waals surface area (Å²) in [6.45, 7) is -0.0905. The van der Waals surface area contributed by atoms with E-state index in [9.17, 15) is 18.3 Å². The highest BCUT2D eigenvalue weighted by molar-refractivity contribution is 9.10. The zero-order chi connectivity index (χ0) is 13.9. The maximum atomic E-state index is 12.8. The van der Waals surface area contributed by atoms with E-state index in [2.05, 4.69) is 21.2 Å².